The van der Waals surface area contributed by atoms with E-state index in [9.17, 15) is 14.4 Å². The molecule has 1 aromatic rings. The van der Waals surface area contributed by atoms with Gasteiger partial charge in [0.1, 0.15) is 6.04 Å². The minimum atomic E-state index is -0.564. The molecule has 1 aliphatic heterocycles. The minimum Gasteiger partial charge on any atom is -0.469 e. The van der Waals surface area contributed by atoms with Gasteiger partial charge in [-0.2, -0.15) is 5.26 Å². The van der Waals surface area contributed by atoms with Gasteiger partial charge < -0.3 is 9.64 Å². The first kappa shape index (κ1) is 15.5. The summed E-state index contributed by atoms with van der Waals surface area (Å²) in [4.78, 5) is 35.8. The van der Waals surface area contributed by atoms with Crippen molar-refractivity contribution in [3.63, 3.8) is 0 Å². The van der Waals surface area contributed by atoms with Crippen LogP contribution in [0.5, 0.6) is 0 Å². The van der Waals surface area contributed by atoms with Gasteiger partial charge in [-0.15, -0.1) is 0 Å². The fraction of sp³-hybridized carbons (Fsp3) is 0.333. The Morgan fingerprint density at radius 2 is 2.05 bits per heavy atom. The van der Waals surface area contributed by atoms with Gasteiger partial charge in [0.25, 0.3) is 5.91 Å². The Kier molecular flexibility index (Phi) is 4.73. The van der Waals surface area contributed by atoms with Crippen LogP contribution in [-0.2, 0) is 16.0 Å². The van der Waals surface area contributed by atoms with Crippen molar-refractivity contribution in [1.82, 2.24) is 10.2 Å². The monoisotopic (exact) mass is 301 g/mol. The van der Waals surface area contributed by atoms with E-state index in [1.807, 2.05) is 6.07 Å². The van der Waals surface area contributed by atoms with Crippen LogP contribution in [0.2, 0.25) is 0 Å². The Morgan fingerprint density at radius 1 is 1.36 bits per heavy atom. The first-order valence-corrected chi connectivity index (χ1v) is 6.72. The number of ether oxygens (including phenoxy) is 1. The molecule has 1 aliphatic rings. The van der Waals surface area contributed by atoms with Crippen molar-refractivity contribution in [3.8, 4) is 6.07 Å². The second kappa shape index (κ2) is 6.72. The molecule has 2 rings (SSSR count). The summed E-state index contributed by atoms with van der Waals surface area (Å²) in [5.74, 6) is -0.814. The van der Waals surface area contributed by atoms with Crippen LogP contribution in [0.15, 0.2) is 24.3 Å². The number of carbonyl (C=O) groups is 3. The van der Waals surface area contributed by atoms with E-state index in [-0.39, 0.29) is 12.4 Å². The number of imide groups is 1. The topological polar surface area (TPSA) is 99.3 Å². The molecule has 1 heterocycles. The zero-order chi connectivity index (χ0) is 16.1. The Labute approximate surface area is 127 Å². The fourth-order valence-electron chi connectivity index (χ4n) is 1.89. The normalized spacial score (nSPS) is 15.6. The predicted molar refractivity (Wildman–Crippen MR) is 75.7 cm³/mol. The van der Waals surface area contributed by atoms with E-state index in [4.69, 9.17) is 5.26 Å². The molecule has 0 spiro atoms. The van der Waals surface area contributed by atoms with E-state index in [2.05, 4.69) is 10.1 Å². The molecule has 22 heavy (non-hydrogen) atoms. The molecule has 7 heteroatoms. The molecule has 0 saturated carbocycles. The second-order valence-corrected chi connectivity index (χ2v) is 4.83. The molecule has 0 aromatic heterocycles. The van der Waals surface area contributed by atoms with Gasteiger partial charge >= 0.3 is 12.0 Å². The van der Waals surface area contributed by atoms with Crippen LogP contribution in [0.25, 0.3) is 0 Å². The highest BCUT2D eigenvalue weighted by molar-refractivity contribution is 6.04. The predicted octanol–water partition coefficient (Wildman–Crippen LogP) is 0.850. The maximum Gasteiger partial charge on any atom is 0.325 e. The van der Waals surface area contributed by atoms with Crippen molar-refractivity contribution in [3.05, 3.63) is 35.4 Å². The van der Waals surface area contributed by atoms with Gasteiger partial charge in [-0.3, -0.25) is 14.9 Å². The van der Waals surface area contributed by atoms with Gasteiger partial charge in [-0.05, 0) is 24.1 Å². The molecule has 1 fully saturated rings. The third-order valence-electron chi connectivity index (χ3n) is 3.30. The van der Waals surface area contributed by atoms with Crippen LogP contribution < -0.4 is 5.32 Å². The van der Waals surface area contributed by atoms with Crippen LogP contribution in [-0.4, -0.2) is 42.5 Å². The Balaban J connectivity index is 1.87. The molecule has 1 aromatic carbocycles. The number of carbonyl (C=O) groups excluding carboxylic acids is 3. The summed E-state index contributed by atoms with van der Waals surface area (Å²) in [6.07, 6.45) is 0.788. The first-order chi connectivity index (χ1) is 10.5. The lowest BCUT2D eigenvalue weighted by atomic mass is 10.1. The van der Waals surface area contributed by atoms with Crippen molar-refractivity contribution >= 4 is 17.9 Å². The van der Waals surface area contributed by atoms with Gasteiger partial charge in [0.2, 0.25) is 0 Å². The second-order valence-electron chi connectivity index (χ2n) is 4.83. The van der Waals surface area contributed by atoms with Crippen LogP contribution in [0, 0.1) is 11.3 Å². The van der Waals surface area contributed by atoms with E-state index in [1.54, 1.807) is 24.3 Å². The Morgan fingerprint density at radius 3 is 2.59 bits per heavy atom. The number of hydrogen-bond donors (Lipinski definition) is 1. The smallest absolute Gasteiger partial charge is 0.325 e. The summed E-state index contributed by atoms with van der Waals surface area (Å²) in [6, 6.07) is 7.54. The van der Waals surface area contributed by atoms with Crippen molar-refractivity contribution in [2.45, 2.75) is 18.9 Å². The lowest BCUT2D eigenvalue weighted by Gasteiger charge is -2.06. The lowest BCUT2D eigenvalue weighted by molar-refractivity contribution is -0.140. The number of amides is 3. The third kappa shape index (κ3) is 3.82. The van der Waals surface area contributed by atoms with E-state index in [0.717, 1.165) is 5.56 Å². The Bertz CT molecular complexity index is 633. The molecular weight excluding hydrogens is 286 g/mol. The molecule has 1 atom stereocenters. The Hall–Kier alpha value is -2.88. The van der Waals surface area contributed by atoms with Gasteiger partial charge in [0, 0.05) is 12.0 Å². The fourth-order valence-corrected chi connectivity index (χ4v) is 1.89. The molecule has 7 nitrogen and oxygen atoms in total. The summed E-state index contributed by atoms with van der Waals surface area (Å²) >= 11 is 0. The number of benzene rings is 1. The largest absolute Gasteiger partial charge is 0.469 e. The quantitative estimate of drug-likeness (QED) is 0.656. The van der Waals surface area contributed by atoms with Crippen molar-refractivity contribution in [2.24, 2.45) is 0 Å². The highest BCUT2D eigenvalue weighted by Crippen LogP contribution is 2.16. The number of nitrogens with one attached hydrogen (secondary N) is 1. The third-order valence-corrected chi connectivity index (χ3v) is 3.30. The van der Waals surface area contributed by atoms with Crippen LogP contribution in [0.4, 0.5) is 4.79 Å². The molecule has 0 radical (unpaired) electrons. The number of esters is 1. The van der Waals surface area contributed by atoms with Gasteiger partial charge in [0.15, 0.2) is 0 Å². The van der Waals surface area contributed by atoms with Crippen molar-refractivity contribution in [1.29, 1.82) is 5.26 Å². The maximum absolute atomic E-state index is 11.9. The number of methoxy groups -OCH3 is 1. The highest BCUT2D eigenvalue weighted by atomic mass is 16.5. The highest BCUT2D eigenvalue weighted by Gasteiger charge is 2.39. The number of aryl methyl sites for hydroxylation is 1. The van der Waals surface area contributed by atoms with Gasteiger partial charge in [-0.25, -0.2) is 4.79 Å². The van der Waals surface area contributed by atoms with Crippen molar-refractivity contribution < 1.29 is 19.1 Å². The zero-order valence-electron chi connectivity index (χ0n) is 12.0. The number of hydrogen-bond acceptors (Lipinski definition) is 5. The average molecular weight is 301 g/mol. The molecular formula is C15H15N3O4. The minimum absolute atomic E-state index is 0.269. The number of rotatable bonds is 4. The van der Waals surface area contributed by atoms with Crippen LogP contribution in [0.1, 0.15) is 22.3 Å². The van der Waals surface area contributed by atoms with Crippen LogP contribution >= 0.6 is 0 Å². The lowest BCUT2D eigenvalue weighted by Crippen LogP contribution is -2.34. The number of nitriles is 1. The number of urea groups is 1. The SMILES string of the molecule is COC(=O)CCc1ccc(C(=O)NC(=O)N2CC2C#N)cc1. The molecule has 0 bridgehead atoms. The molecule has 0 aliphatic carbocycles. The summed E-state index contributed by atoms with van der Waals surface area (Å²) in [5.41, 5.74) is 1.23. The first-order valence-electron chi connectivity index (χ1n) is 6.72. The number of nitrogens with zero attached hydrogens (tertiary/aromatic N) is 2. The van der Waals surface area contributed by atoms with Crippen molar-refractivity contribution in [2.75, 3.05) is 13.7 Å². The van der Waals surface area contributed by atoms with E-state index >= 15 is 0 Å². The van der Waals surface area contributed by atoms with Crippen LogP contribution in [0.3, 0.4) is 0 Å². The van der Waals surface area contributed by atoms with E-state index < -0.39 is 18.0 Å². The molecule has 1 unspecified atom stereocenters. The van der Waals surface area contributed by atoms with E-state index in [1.165, 1.54) is 12.0 Å². The maximum atomic E-state index is 11.9. The summed E-state index contributed by atoms with van der Waals surface area (Å²) in [5, 5.41) is 10.8. The summed E-state index contributed by atoms with van der Waals surface area (Å²) in [7, 11) is 1.33. The van der Waals surface area contributed by atoms with Gasteiger partial charge in [-0.1, -0.05) is 12.1 Å². The van der Waals surface area contributed by atoms with Gasteiger partial charge in [0.05, 0.1) is 19.7 Å². The molecule has 114 valence electrons. The zero-order valence-corrected chi connectivity index (χ0v) is 12.0. The summed E-state index contributed by atoms with van der Waals surface area (Å²) < 4.78 is 4.56. The standard InChI is InChI=1S/C15H15N3O4/c1-22-13(19)7-4-10-2-5-11(6-3-10)14(20)17-15(21)18-9-12(18)8-16/h2-3,5-6,12H,4,7,9H2,1H3,(H,17,20,21). The molecule has 1 saturated heterocycles. The summed E-state index contributed by atoms with van der Waals surface area (Å²) in [6.45, 7) is 0.349. The average Bonchev–Trinajstić information content (AvgIpc) is 3.32. The van der Waals surface area contributed by atoms with E-state index in [0.29, 0.717) is 18.5 Å². The molecule has 1 N–H and O–H groups in total. The molecule has 3 amide bonds.